The molecule has 3 nitrogen and oxygen atoms in total. The largest absolute Gasteiger partial charge is 0.506 e. The fourth-order valence-electron chi connectivity index (χ4n) is 2.02. The molecule has 110 valence electrons. The van der Waals surface area contributed by atoms with Crippen LogP contribution < -0.4 is 0 Å². The van der Waals surface area contributed by atoms with Crippen LogP contribution in [0.1, 0.15) is 16.1 Å². The highest BCUT2D eigenvalue weighted by Gasteiger charge is 2.10. The summed E-state index contributed by atoms with van der Waals surface area (Å²) in [5.41, 5.74) is 1.31. The van der Waals surface area contributed by atoms with Crippen molar-refractivity contribution in [3.05, 3.63) is 69.9 Å². The Balaban J connectivity index is 1.85. The third kappa shape index (κ3) is 3.01. The van der Waals surface area contributed by atoms with E-state index in [1.54, 1.807) is 42.5 Å². The first kappa shape index (κ1) is 14.7. The maximum Gasteiger partial charge on any atom is 0.221 e. The number of phenols is 1. The number of carbonyl (C=O) groups excluding carboxylic acids is 1. The summed E-state index contributed by atoms with van der Waals surface area (Å²) >= 11 is 11.7. The van der Waals surface area contributed by atoms with E-state index in [4.69, 9.17) is 27.6 Å². The lowest BCUT2D eigenvalue weighted by Crippen LogP contribution is -1.90. The molecule has 1 aromatic heterocycles. The van der Waals surface area contributed by atoms with E-state index < -0.39 is 0 Å². The Kier molecular flexibility index (Phi) is 3.92. The molecule has 0 aliphatic rings. The molecule has 0 fully saturated rings. The van der Waals surface area contributed by atoms with E-state index in [2.05, 4.69) is 0 Å². The number of benzene rings is 2. The number of hydrogen-bond acceptors (Lipinski definition) is 3. The van der Waals surface area contributed by atoms with Crippen molar-refractivity contribution in [3.8, 4) is 5.75 Å². The Hall–Kier alpha value is -2.23. The van der Waals surface area contributed by atoms with Gasteiger partial charge in [-0.2, -0.15) is 0 Å². The van der Waals surface area contributed by atoms with Gasteiger partial charge >= 0.3 is 0 Å². The van der Waals surface area contributed by atoms with Gasteiger partial charge in [0.1, 0.15) is 11.3 Å². The van der Waals surface area contributed by atoms with Crippen LogP contribution in [0.2, 0.25) is 10.0 Å². The summed E-state index contributed by atoms with van der Waals surface area (Å²) in [5, 5.41) is 10.9. The summed E-state index contributed by atoms with van der Waals surface area (Å²) in [6.45, 7) is 0. The third-order valence-corrected chi connectivity index (χ3v) is 3.66. The lowest BCUT2D eigenvalue weighted by molar-refractivity contribution is 0.102. The monoisotopic (exact) mass is 332 g/mol. The zero-order valence-corrected chi connectivity index (χ0v) is 12.7. The molecule has 1 heterocycles. The summed E-state index contributed by atoms with van der Waals surface area (Å²) in [7, 11) is 0. The van der Waals surface area contributed by atoms with Crippen molar-refractivity contribution in [1.29, 1.82) is 0 Å². The lowest BCUT2D eigenvalue weighted by atomic mass is 10.1. The van der Waals surface area contributed by atoms with Crippen molar-refractivity contribution in [2.75, 3.05) is 0 Å². The van der Waals surface area contributed by atoms with Gasteiger partial charge in [-0.1, -0.05) is 35.3 Å². The second kappa shape index (κ2) is 5.87. The number of aromatic hydroxyl groups is 1. The minimum absolute atomic E-state index is 0.000643. The molecule has 1 N–H and O–H groups in total. The molecule has 0 saturated carbocycles. The molecule has 3 rings (SSSR count). The van der Waals surface area contributed by atoms with Crippen LogP contribution in [0.15, 0.2) is 53.0 Å². The normalized spacial score (nSPS) is 11.4. The number of ketones is 1. The lowest BCUT2D eigenvalue weighted by Gasteiger charge is -1.97. The predicted molar refractivity (Wildman–Crippen MR) is 87.7 cm³/mol. The van der Waals surface area contributed by atoms with Crippen LogP contribution in [0, 0.1) is 0 Å². The first-order chi connectivity index (χ1) is 10.5. The van der Waals surface area contributed by atoms with Gasteiger partial charge in [-0.15, -0.1) is 0 Å². The number of carbonyl (C=O) groups is 1. The molecule has 0 spiro atoms. The Bertz CT molecular complexity index is 894. The van der Waals surface area contributed by atoms with Crippen molar-refractivity contribution >= 4 is 46.0 Å². The summed E-state index contributed by atoms with van der Waals surface area (Å²) < 4.78 is 5.49. The maximum atomic E-state index is 12.1. The highest BCUT2D eigenvalue weighted by molar-refractivity contribution is 6.32. The van der Waals surface area contributed by atoms with Gasteiger partial charge in [0, 0.05) is 10.4 Å². The van der Waals surface area contributed by atoms with Crippen molar-refractivity contribution in [3.63, 3.8) is 0 Å². The molecule has 3 aromatic rings. The molecular weight excluding hydrogens is 323 g/mol. The molecule has 0 amide bonds. The zero-order chi connectivity index (χ0) is 15.7. The van der Waals surface area contributed by atoms with E-state index in [9.17, 15) is 9.90 Å². The first-order valence-electron chi connectivity index (χ1n) is 6.43. The summed E-state index contributed by atoms with van der Waals surface area (Å²) in [6, 6.07) is 11.5. The van der Waals surface area contributed by atoms with Crippen LogP contribution in [0.4, 0.5) is 0 Å². The number of halogens is 2. The van der Waals surface area contributed by atoms with E-state index in [-0.39, 0.29) is 22.3 Å². The predicted octanol–water partition coefficient (Wildman–Crippen LogP) is 5.34. The molecule has 22 heavy (non-hydrogen) atoms. The second-order valence-corrected chi connectivity index (χ2v) is 5.54. The number of rotatable bonds is 3. The first-order valence-corrected chi connectivity index (χ1v) is 7.18. The number of fused-ring (bicyclic) bond motifs is 1. The minimum Gasteiger partial charge on any atom is -0.506 e. The zero-order valence-electron chi connectivity index (χ0n) is 11.2. The van der Waals surface area contributed by atoms with Gasteiger partial charge in [0.25, 0.3) is 0 Å². The highest BCUT2D eigenvalue weighted by atomic mass is 35.5. The quantitative estimate of drug-likeness (QED) is 0.520. The van der Waals surface area contributed by atoms with E-state index in [0.29, 0.717) is 16.2 Å². The van der Waals surface area contributed by atoms with Crippen LogP contribution in [-0.2, 0) is 0 Å². The molecule has 0 bridgehead atoms. The van der Waals surface area contributed by atoms with Crippen LogP contribution in [0.25, 0.3) is 17.0 Å². The van der Waals surface area contributed by atoms with Gasteiger partial charge in [-0.25, -0.2) is 0 Å². The Morgan fingerprint density at radius 2 is 1.91 bits per heavy atom. The number of phenolic OH excluding ortho intramolecular Hbond substituents is 1. The summed E-state index contributed by atoms with van der Waals surface area (Å²) in [5.74, 6) is -0.0331. The fourth-order valence-corrected chi connectivity index (χ4v) is 2.39. The molecule has 0 saturated heterocycles. The third-order valence-electron chi connectivity index (χ3n) is 3.12. The van der Waals surface area contributed by atoms with E-state index in [1.807, 2.05) is 0 Å². The maximum absolute atomic E-state index is 12.1. The summed E-state index contributed by atoms with van der Waals surface area (Å²) in [4.78, 5) is 12.1. The van der Waals surface area contributed by atoms with Crippen molar-refractivity contribution < 1.29 is 14.3 Å². The Labute approximate surface area is 136 Å². The smallest absolute Gasteiger partial charge is 0.221 e. The molecule has 2 aromatic carbocycles. The van der Waals surface area contributed by atoms with Gasteiger partial charge < -0.3 is 9.52 Å². The number of hydrogen-bond donors (Lipinski definition) is 1. The van der Waals surface area contributed by atoms with Gasteiger partial charge in [-0.05, 0) is 48.0 Å². The second-order valence-electron chi connectivity index (χ2n) is 4.70. The average Bonchev–Trinajstić information content (AvgIpc) is 2.91. The van der Waals surface area contributed by atoms with Gasteiger partial charge in [0.15, 0.2) is 5.76 Å². The van der Waals surface area contributed by atoms with Gasteiger partial charge in [-0.3, -0.25) is 4.79 Å². The molecular formula is C17H10Cl2O3. The number of furan rings is 1. The minimum atomic E-state index is -0.267. The topological polar surface area (TPSA) is 50.4 Å². The Morgan fingerprint density at radius 1 is 1.09 bits per heavy atom. The van der Waals surface area contributed by atoms with E-state index >= 15 is 0 Å². The summed E-state index contributed by atoms with van der Waals surface area (Å²) in [6.07, 6.45) is 3.00. The van der Waals surface area contributed by atoms with Gasteiger partial charge in [0.05, 0.1) is 5.02 Å². The van der Waals surface area contributed by atoms with E-state index in [0.717, 1.165) is 5.39 Å². The van der Waals surface area contributed by atoms with Crippen LogP contribution >= 0.6 is 23.2 Å². The van der Waals surface area contributed by atoms with Crippen LogP contribution in [-0.4, -0.2) is 10.9 Å². The SMILES string of the molecule is O=C(C=Cc1ccc(O)c(Cl)c1)c1cc2cc(Cl)ccc2o1. The molecule has 0 atom stereocenters. The Morgan fingerprint density at radius 3 is 2.68 bits per heavy atom. The van der Waals surface area contributed by atoms with Crippen molar-refractivity contribution in [2.45, 2.75) is 0 Å². The molecule has 0 unspecified atom stereocenters. The molecule has 5 heteroatoms. The average molecular weight is 333 g/mol. The molecule has 0 aliphatic heterocycles. The highest BCUT2D eigenvalue weighted by Crippen LogP contribution is 2.25. The molecule has 0 aliphatic carbocycles. The van der Waals surface area contributed by atoms with Crippen LogP contribution in [0.3, 0.4) is 0 Å². The number of allylic oxidation sites excluding steroid dienone is 1. The van der Waals surface area contributed by atoms with Crippen molar-refractivity contribution in [2.24, 2.45) is 0 Å². The molecule has 0 radical (unpaired) electrons. The fraction of sp³-hybridized carbons (Fsp3) is 0. The van der Waals surface area contributed by atoms with Gasteiger partial charge in [0.2, 0.25) is 5.78 Å². The van der Waals surface area contributed by atoms with E-state index in [1.165, 1.54) is 12.1 Å². The van der Waals surface area contributed by atoms with Crippen molar-refractivity contribution in [1.82, 2.24) is 0 Å². The van der Waals surface area contributed by atoms with Crippen LogP contribution in [0.5, 0.6) is 5.75 Å². The standard InChI is InChI=1S/C17H10Cl2O3/c18-12-3-6-16-11(8-12)9-17(22-16)15(21)5-2-10-1-4-14(20)13(19)7-10/h1-9,20H.